The first-order chi connectivity index (χ1) is 7.09. The predicted octanol–water partition coefficient (Wildman–Crippen LogP) is 2.98. The molecule has 0 aromatic heterocycles. The number of halogens is 3. The summed E-state index contributed by atoms with van der Waals surface area (Å²) in [6.45, 7) is 0.607. The van der Waals surface area contributed by atoms with E-state index in [4.69, 9.17) is 11.6 Å². The van der Waals surface area contributed by atoms with Gasteiger partial charge in [-0.25, -0.2) is 4.39 Å². The molecule has 1 saturated heterocycles. The molecule has 1 fully saturated rings. The minimum atomic E-state index is -0.500. The average molecular weight is 293 g/mol. The smallest absolute Gasteiger partial charge is 0.240 e. The fourth-order valence-corrected chi connectivity index (χ4v) is 2.12. The van der Waals surface area contributed by atoms with E-state index in [0.717, 1.165) is 6.42 Å². The monoisotopic (exact) mass is 291 g/mol. The molecule has 15 heavy (non-hydrogen) atoms. The standard InChI is InChI=1S/C10H8BrClFNO/c11-7-3-4-14(10(7)15)6-1-2-8(12)9(13)5-6/h1-2,5,7H,3-4H2/t7-/m1/s1. The van der Waals surface area contributed by atoms with Crippen LogP contribution in [0.5, 0.6) is 0 Å². The van der Waals surface area contributed by atoms with Gasteiger partial charge in [-0.3, -0.25) is 4.79 Å². The van der Waals surface area contributed by atoms with Crippen LogP contribution in [0.15, 0.2) is 18.2 Å². The van der Waals surface area contributed by atoms with Crippen LogP contribution >= 0.6 is 27.5 Å². The number of alkyl halides is 1. The molecule has 1 aliphatic rings. The summed E-state index contributed by atoms with van der Waals surface area (Å²) in [6.07, 6.45) is 0.739. The Labute approximate surface area is 100 Å². The Morgan fingerprint density at radius 3 is 2.80 bits per heavy atom. The van der Waals surface area contributed by atoms with E-state index in [2.05, 4.69) is 15.9 Å². The van der Waals surface area contributed by atoms with E-state index in [1.165, 1.54) is 12.1 Å². The van der Waals surface area contributed by atoms with E-state index in [-0.39, 0.29) is 15.8 Å². The molecule has 2 nitrogen and oxygen atoms in total. The highest BCUT2D eigenvalue weighted by molar-refractivity contribution is 9.10. The molecule has 0 unspecified atom stereocenters. The first-order valence-electron chi connectivity index (χ1n) is 4.50. The van der Waals surface area contributed by atoms with Crippen molar-refractivity contribution >= 4 is 39.1 Å². The topological polar surface area (TPSA) is 20.3 Å². The Bertz CT molecular complexity index is 412. The van der Waals surface area contributed by atoms with Crippen LogP contribution < -0.4 is 4.90 Å². The zero-order valence-electron chi connectivity index (χ0n) is 7.71. The van der Waals surface area contributed by atoms with E-state index in [9.17, 15) is 9.18 Å². The molecule has 1 heterocycles. The highest BCUT2D eigenvalue weighted by Crippen LogP contribution is 2.27. The van der Waals surface area contributed by atoms with Crippen LogP contribution in [0, 0.1) is 5.82 Å². The molecular formula is C10H8BrClFNO. The summed E-state index contributed by atoms with van der Waals surface area (Å²) in [4.78, 5) is 13.0. The van der Waals surface area contributed by atoms with Crippen molar-refractivity contribution in [3.05, 3.63) is 29.0 Å². The number of hydrogen-bond donors (Lipinski definition) is 0. The second-order valence-electron chi connectivity index (χ2n) is 3.34. The van der Waals surface area contributed by atoms with E-state index >= 15 is 0 Å². The van der Waals surface area contributed by atoms with Crippen molar-refractivity contribution in [2.75, 3.05) is 11.4 Å². The van der Waals surface area contributed by atoms with Crippen LogP contribution in [-0.4, -0.2) is 17.3 Å². The third-order valence-electron chi connectivity index (χ3n) is 2.35. The first kappa shape index (κ1) is 10.9. The second kappa shape index (κ2) is 4.10. The molecule has 0 N–H and O–H groups in total. The molecule has 2 rings (SSSR count). The molecule has 0 spiro atoms. The van der Waals surface area contributed by atoms with Crippen LogP contribution in [0.3, 0.4) is 0 Å². The maximum Gasteiger partial charge on any atom is 0.240 e. The van der Waals surface area contributed by atoms with Crippen LogP contribution in [0.2, 0.25) is 5.02 Å². The number of carbonyl (C=O) groups excluding carboxylic acids is 1. The van der Waals surface area contributed by atoms with E-state index in [1.54, 1.807) is 11.0 Å². The zero-order chi connectivity index (χ0) is 11.0. The van der Waals surface area contributed by atoms with Crippen LogP contribution in [0.4, 0.5) is 10.1 Å². The Morgan fingerprint density at radius 1 is 1.53 bits per heavy atom. The predicted molar refractivity (Wildman–Crippen MR) is 61.1 cm³/mol. The number of rotatable bonds is 1. The van der Waals surface area contributed by atoms with Crippen molar-refractivity contribution < 1.29 is 9.18 Å². The molecule has 0 saturated carbocycles. The lowest BCUT2D eigenvalue weighted by Gasteiger charge is -2.16. The van der Waals surface area contributed by atoms with Gasteiger partial charge in [-0.2, -0.15) is 0 Å². The normalized spacial score (nSPS) is 21.1. The number of amides is 1. The molecule has 1 aromatic carbocycles. The molecule has 1 aromatic rings. The van der Waals surface area contributed by atoms with Gasteiger partial charge in [0.1, 0.15) is 5.82 Å². The summed E-state index contributed by atoms with van der Waals surface area (Å²) in [5.74, 6) is -0.531. The van der Waals surface area contributed by atoms with Crippen LogP contribution in [0.25, 0.3) is 0 Å². The first-order valence-corrected chi connectivity index (χ1v) is 5.79. The van der Waals surface area contributed by atoms with Gasteiger partial charge in [0.25, 0.3) is 0 Å². The Kier molecular flexibility index (Phi) is 2.98. The molecule has 80 valence electrons. The van der Waals surface area contributed by atoms with Crippen molar-refractivity contribution in [3.63, 3.8) is 0 Å². The third-order valence-corrected chi connectivity index (χ3v) is 3.51. The summed E-state index contributed by atoms with van der Waals surface area (Å²) in [6, 6.07) is 4.39. The lowest BCUT2D eigenvalue weighted by molar-refractivity contribution is -0.116. The van der Waals surface area contributed by atoms with Gasteiger partial charge in [-0.15, -0.1) is 0 Å². The zero-order valence-corrected chi connectivity index (χ0v) is 10.1. The summed E-state index contributed by atoms with van der Waals surface area (Å²) in [5.41, 5.74) is 0.559. The highest BCUT2D eigenvalue weighted by Gasteiger charge is 2.30. The summed E-state index contributed by atoms with van der Waals surface area (Å²) in [7, 11) is 0. The Balaban J connectivity index is 2.31. The van der Waals surface area contributed by atoms with Crippen molar-refractivity contribution in [2.45, 2.75) is 11.2 Å². The largest absolute Gasteiger partial charge is 0.311 e. The van der Waals surface area contributed by atoms with Gasteiger partial charge in [-0.05, 0) is 24.6 Å². The van der Waals surface area contributed by atoms with Gasteiger partial charge in [-0.1, -0.05) is 27.5 Å². The summed E-state index contributed by atoms with van der Waals surface area (Å²) >= 11 is 8.83. The lowest BCUT2D eigenvalue weighted by atomic mass is 10.3. The Hall–Kier alpha value is -0.610. The second-order valence-corrected chi connectivity index (χ2v) is 4.86. The number of benzene rings is 1. The summed E-state index contributed by atoms with van der Waals surface area (Å²) < 4.78 is 13.2. The molecule has 5 heteroatoms. The third kappa shape index (κ3) is 2.01. The molecule has 1 atom stereocenters. The van der Waals surface area contributed by atoms with Crippen LogP contribution in [0.1, 0.15) is 6.42 Å². The van der Waals surface area contributed by atoms with Gasteiger partial charge in [0, 0.05) is 12.2 Å². The van der Waals surface area contributed by atoms with E-state index in [0.29, 0.717) is 12.2 Å². The minimum absolute atomic E-state index is 0.0308. The number of nitrogens with zero attached hydrogens (tertiary/aromatic N) is 1. The fraction of sp³-hybridized carbons (Fsp3) is 0.300. The maximum atomic E-state index is 13.2. The number of carbonyl (C=O) groups is 1. The van der Waals surface area contributed by atoms with E-state index < -0.39 is 5.82 Å². The molecular weight excluding hydrogens is 284 g/mol. The maximum absolute atomic E-state index is 13.2. The summed E-state index contributed by atoms with van der Waals surface area (Å²) in [5, 5.41) is 0.0702. The van der Waals surface area contributed by atoms with Gasteiger partial charge in [0.15, 0.2) is 0 Å². The fourth-order valence-electron chi connectivity index (χ4n) is 1.55. The molecule has 1 aliphatic heterocycles. The SMILES string of the molecule is O=C1[C@H](Br)CCN1c1ccc(Cl)c(F)c1. The van der Waals surface area contributed by atoms with Gasteiger partial charge in [0.2, 0.25) is 5.91 Å². The number of hydrogen-bond acceptors (Lipinski definition) is 1. The quantitative estimate of drug-likeness (QED) is 0.729. The highest BCUT2D eigenvalue weighted by atomic mass is 79.9. The van der Waals surface area contributed by atoms with Crippen molar-refractivity contribution in [1.29, 1.82) is 0 Å². The van der Waals surface area contributed by atoms with Crippen molar-refractivity contribution in [3.8, 4) is 0 Å². The minimum Gasteiger partial charge on any atom is -0.311 e. The van der Waals surface area contributed by atoms with Gasteiger partial charge < -0.3 is 4.90 Å². The molecule has 0 aliphatic carbocycles. The molecule has 0 bridgehead atoms. The average Bonchev–Trinajstić information content (AvgIpc) is 2.53. The van der Waals surface area contributed by atoms with E-state index in [1.807, 2.05) is 0 Å². The van der Waals surface area contributed by atoms with Crippen LogP contribution in [-0.2, 0) is 4.79 Å². The van der Waals surface area contributed by atoms with Crippen molar-refractivity contribution in [2.24, 2.45) is 0 Å². The van der Waals surface area contributed by atoms with Gasteiger partial charge in [0.05, 0.1) is 9.85 Å². The lowest BCUT2D eigenvalue weighted by Crippen LogP contribution is -2.27. The molecule has 1 amide bonds. The van der Waals surface area contributed by atoms with Gasteiger partial charge >= 0.3 is 0 Å². The molecule has 0 radical (unpaired) electrons. The number of anilines is 1. The Morgan fingerprint density at radius 2 is 2.27 bits per heavy atom. The van der Waals surface area contributed by atoms with Crippen molar-refractivity contribution in [1.82, 2.24) is 0 Å².